The lowest BCUT2D eigenvalue weighted by atomic mass is 10.0. The Morgan fingerprint density at radius 2 is 2.07 bits per heavy atom. The van der Waals surface area contributed by atoms with Gasteiger partial charge in [0, 0.05) is 36.8 Å². The molecule has 2 N–H and O–H groups in total. The van der Waals surface area contributed by atoms with Gasteiger partial charge in [-0.25, -0.2) is 4.68 Å². The molecule has 1 saturated heterocycles. The highest BCUT2D eigenvalue weighted by Crippen LogP contribution is 2.31. The van der Waals surface area contributed by atoms with Gasteiger partial charge >= 0.3 is 0 Å². The van der Waals surface area contributed by atoms with E-state index in [1.165, 1.54) is 12.8 Å². The van der Waals surface area contributed by atoms with Crippen molar-refractivity contribution >= 4 is 23.3 Å². The van der Waals surface area contributed by atoms with Crippen LogP contribution in [0.5, 0.6) is 0 Å². The minimum absolute atomic E-state index is 0.00583. The van der Waals surface area contributed by atoms with Gasteiger partial charge in [-0.2, -0.15) is 5.10 Å². The molecule has 27 heavy (non-hydrogen) atoms. The maximum absolute atomic E-state index is 12.8. The number of nitrogens with zero attached hydrogens (tertiary/aromatic N) is 3. The number of halogens is 1. The van der Waals surface area contributed by atoms with Crippen molar-refractivity contribution in [3.05, 3.63) is 47.1 Å². The lowest BCUT2D eigenvalue weighted by Crippen LogP contribution is -2.48. The van der Waals surface area contributed by atoms with Crippen LogP contribution >= 0.6 is 11.6 Å². The molecule has 6 nitrogen and oxygen atoms in total. The van der Waals surface area contributed by atoms with Gasteiger partial charge in [-0.05, 0) is 24.5 Å². The molecule has 2 fully saturated rings. The van der Waals surface area contributed by atoms with E-state index in [1.807, 2.05) is 35.0 Å². The first-order valence-corrected chi connectivity index (χ1v) is 10.1. The zero-order chi connectivity index (χ0) is 18.6. The minimum Gasteiger partial charge on any atom is -0.314 e. The Morgan fingerprint density at radius 1 is 1.26 bits per heavy atom. The average molecular weight is 388 g/mol. The van der Waals surface area contributed by atoms with Crippen molar-refractivity contribution in [3.63, 3.8) is 0 Å². The summed E-state index contributed by atoms with van der Waals surface area (Å²) in [4.78, 5) is 15.0. The smallest absolute Gasteiger partial charge is 0.239 e. The van der Waals surface area contributed by atoms with Gasteiger partial charge in [0.15, 0.2) is 0 Å². The first kappa shape index (κ1) is 18.5. The first-order chi connectivity index (χ1) is 13.2. The van der Waals surface area contributed by atoms with Crippen molar-refractivity contribution in [2.45, 2.75) is 37.8 Å². The molecule has 2 aromatic rings. The number of amides is 1. The fraction of sp³-hybridized carbons (Fsp3) is 0.500. The molecule has 1 aromatic carbocycles. The molecule has 1 aliphatic carbocycles. The zero-order valence-electron chi connectivity index (χ0n) is 15.4. The standard InChI is InChI=1S/C20H26ClN5O/c21-17-8-4-3-7-16(17)18-13-22-11-12-25(18)14-20(27)24-19-9-10-23-26(19)15-5-1-2-6-15/h3-4,7-10,15,18,22H,1-2,5-6,11-14H2,(H,24,27). The van der Waals surface area contributed by atoms with Crippen LogP contribution in [0.2, 0.25) is 5.02 Å². The summed E-state index contributed by atoms with van der Waals surface area (Å²) in [5.41, 5.74) is 1.06. The largest absolute Gasteiger partial charge is 0.314 e. The van der Waals surface area contributed by atoms with Gasteiger partial charge in [0.1, 0.15) is 5.82 Å². The minimum atomic E-state index is -0.00583. The zero-order valence-corrected chi connectivity index (χ0v) is 16.2. The second kappa shape index (κ2) is 8.42. The number of nitrogens with one attached hydrogen (secondary N) is 2. The third-order valence-electron chi connectivity index (χ3n) is 5.57. The molecule has 0 radical (unpaired) electrons. The molecule has 4 rings (SSSR count). The van der Waals surface area contributed by atoms with E-state index in [2.05, 4.69) is 20.6 Å². The molecule has 2 aliphatic rings. The van der Waals surface area contributed by atoms with Crippen molar-refractivity contribution in [1.82, 2.24) is 20.0 Å². The van der Waals surface area contributed by atoms with Crippen molar-refractivity contribution in [1.29, 1.82) is 0 Å². The number of aromatic nitrogens is 2. The fourth-order valence-corrected chi connectivity index (χ4v) is 4.47. The molecule has 1 amide bonds. The van der Waals surface area contributed by atoms with Crippen LogP contribution in [0, 0.1) is 0 Å². The molecule has 144 valence electrons. The molecule has 7 heteroatoms. The summed E-state index contributed by atoms with van der Waals surface area (Å²) in [5.74, 6) is 0.796. The maximum atomic E-state index is 12.8. The van der Waals surface area contributed by atoms with Crippen LogP contribution in [-0.4, -0.2) is 46.8 Å². The SMILES string of the molecule is O=C(CN1CCNCC1c1ccccc1Cl)Nc1ccnn1C1CCCC1. The monoisotopic (exact) mass is 387 g/mol. The molecule has 1 aliphatic heterocycles. The molecule has 2 heterocycles. The van der Waals surface area contributed by atoms with E-state index in [0.717, 1.165) is 48.9 Å². The van der Waals surface area contributed by atoms with E-state index in [0.29, 0.717) is 12.6 Å². The van der Waals surface area contributed by atoms with Gasteiger partial charge in [-0.1, -0.05) is 42.6 Å². The third-order valence-corrected chi connectivity index (χ3v) is 5.92. The number of piperazine rings is 1. The number of anilines is 1. The summed E-state index contributed by atoms with van der Waals surface area (Å²) in [6.45, 7) is 2.81. The van der Waals surface area contributed by atoms with Gasteiger partial charge < -0.3 is 10.6 Å². The summed E-state index contributed by atoms with van der Waals surface area (Å²) in [7, 11) is 0. The van der Waals surface area contributed by atoms with E-state index in [-0.39, 0.29) is 11.9 Å². The third kappa shape index (κ3) is 4.18. The van der Waals surface area contributed by atoms with Crippen LogP contribution in [-0.2, 0) is 4.79 Å². The maximum Gasteiger partial charge on any atom is 0.239 e. The number of rotatable bonds is 5. The predicted molar refractivity (Wildman–Crippen MR) is 107 cm³/mol. The Balaban J connectivity index is 1.44. The Labute approximate surface area is 164 Å². The molecule has 1 atom stereocenters. The van der Waals surface area contributed by atoms with E-state index in [4.69, 9.17) is 11.6 Å². The van der Waals surface area contributed by atoms with Crippen LogP contribution in [0.1, 0.15) is 43.3 Å². The quantitative estimate of drug-likeness (QED) is 0.826. The summed E-state index contributed by atoms with van der Waals surface area (Å²) in [6, 6.07) is 10.3. The van der Waals surface area contributed by atoms with E-state index < -0.39 is 0 Å². The Morgan fingerprint density at radius 3 is 2.89 bits per heavy atom. The molecular weight excluding hydrogens is 362 g/mol. The van der Waals surface area contributed by atoms with E-state index >= 15 is 0 Å². The highest BCUT2D eigenvalue weighted by molar-refractivity contribution is 6.31. The first-order valence-electron chi connectivity index (χ1n) is 9.75. The summed E-state index contributed by atoms with van der Waals surface area (Å²) in [5, 5.41) is 11.7. The van der Waals surface area contributed by atoms with Gasteiger partial charge in [0.05, 0.1) is 18.8 Å². The Kier molecular flexibility index (Phi) is 5.76. The highest BCUT2D eigenvalue weighted by atomic mass is 35.5. The normalized spacial score (nSPS) is 21.4. The van der Waals surface area contributed by atoms with Gasteiger partial charge in [-0.15, -0.1) is 0 Å². The molecule has 1 unspecified atom stereocenters. The van der Waals surface area contributed by atoms with Crippen LogP contribution in [0.3, 0.4) is 0 Å². The van der Waals surface area contributed by atoms with Crippen molar-refractivity contribution in [3.8, 4) is 0 Å². The van der Waals surface area contributed by atoms with Crippen molar-refractivity contribution < 1.29 is 4.79 Å². The van der Waals surface area contributed by atoms with Crippen molar-refractivity contribution in [2.75, 3.05) is 31.5 Å². The lowest BCUT2D eigenvalue weighted by Gasteiger charge is -2.36. The molecular formula is C20H26ClN5O. The molecule has 1 saturated carbocycles. The topological polar surface area (TPSA) is 62.2 Å². The number of carbonyl (C=O) groups is 1. The predicted octanol–water partition coefficient (Wildman–Crippen LogP) is 3.24. The van der Waals surface area contributed by atoms with Crippen LogP contribution in [0.15, 0.2) is 36.5 Å². The molecule has 0 bridgehead atoms. The van der Waals surface area contributed by atoms with Crippen molar-refractivity contribution in [2.24, 2.45) is 0 Å². The second-order valence-corrected chi connectivity index (χ2v) is 7.77. The highest BCUT2D eigenvalue weighted by Gasteiger charge is 2.27. The summed E-state index contributed by atoms with van der Waals surface area (Å²) in [6.07, 6.45) is 6.51. The van der Waals surface area contributed by atoms with Crippen LogP contribution in [0.25, 0.3) is 0 Å². The van der Waals surface area contributed by atoms with E-state index in [9.17, 15) is 4.79 Å². The van der Waals surface area contributed by atoms with Crippen LogP contribution in [0.4, 0.5) is 5.82 Å². The lowest BCUT2D eigenvalue weighted by molar-refractivity contribution is -0.118. The van der Waals surface area contributed by atoms with E-state index in [1.54, 1.807) is 6.20 Å². The number of carbonyl (C=O) groups excluding carboxylic acids is 1. The Bertz CT molecular complexity index is 786. The summed E-state index contributed by atoms with van der Waals surface area (Å²) >= 11 is 6.40. The van der Waals surface area contributed by atoms with Crippen LogP contribution < -0.4 is 10.6 Å². The second-order valence-electron chi connectivity index (χ2n) is 7.36. The molecule has 0 spiro atoms. The number of benzene rings is 1. The molecule has 1 aromatic heterocycles. The van der Waals surface area contributed by atoms with Gasteiger partial charge in [0.2, 0.25) is 5.91 Å². The average Bonchev–Trinajstić information content (AvgIpc) is 3.34. The summed E-state index contributed by atoms with van der Waals surface area (Å²) < 4.78 is 1.98. The fourth-order valence-electron chi connectivity index (χ4n) is 4.21. The Hall–Kier alpha value is -1.89. The number of hydrogen-bond donors (Lipinski definition) is 2. The van der Waals surface area contributed by atoms with Gasteiger partial charge in [-0.3, -0.25) is 9.69 Å². The van der Waals surface area contributed by atoms with Gasteiger partial charge in [0.25, 0.3) is 0 Å². The number of hydrogen-bond acceptors (Lipinski definition) is 4.